The number of aromatic hydroxyl groups is 5. The summed E-state index contributed by atoms with van der Waals surface area (Å²) in [7, 11) is 0. The minimum absolute atomic E-state index is 0.0110. The molecule has 0 amide bonds. The molecule has 0 aliphatic heterocycles. The normalized spacial score (nSPS) is 12.9. The summed E-state index contributed by atoms with van der Waals surface area (Å²) in [4.78, 5) is 0. The van der Waals surface area contributed by atoms with Gasteiger partial charge in [-0.05, 0) is 83.5 Å². The molecule has 5 N–H and O–H groups in total. The summed E-state index contributed by atoms with van der Waals surface area (Å²) in [5.74, 6) is 0.934. The zero-order valence-electron chi connectivity index (χ0n) is 27.0. The van der Waals surface area contributed by atoms with Gasteiger partial charge in [-0.2, -0.15) is 0 Å². The highest BCUT2D eigenvalue weighted by Crippen LogP contribution is 2.40. The molecule has 0 radical (unpaired) electrons. The van der Waals surface area contributed by atoms with Crippen molar-refractivity contribution >= 4 is 58.0 Å². The van der Waals surface area contributed by atoms with Crippen LogP contribution in [0.5, 0.6) is 28.7 Å². The predicted octanol–water partition coefficient (Wildman–Crippen LogP) is 10.2. The second-order valence-corrected chi connectivity index (χ2v) is 14.2. The third-order valence-electron chi connectivity index (χ3n) is 9.31. The van der Waals surface area contributed by atoms with Crippen molar-refractivity contribution in [3.63, 3.8) is 0 Å². The van der Waals surface area contributed by atoms with Gasteiger partial charge in [0, 0.05) is 61.5 Å². The van der Waals surface area contributed by atoms with Crippen molar-refractivity contribution < 1.29 is 25.5 Å². The number of alkyl halides is 5. The first-order valence-corrected chi connectivity index (χ1v) is 18.7. The highest BCUT2D eigenvalue weighted by Gasteiger charge is 2.22. The number of hydrogen-bond acceptors (Lipinski definition) is 5. The first kappa shape index (κ1) is 36.3. The van der Waals surface area contributed by atoms with E-state index in [1.165, 1.54) is 0 Å². The van der Waals surface area contributed by atoms with Crippen LogP contribution in [0.15, 0.2) is 60.7 Å². The van der Waals surface area contributed by atoms with Gasteiger partial charge in [0.1, 0.15) is 28.7 Å². The van der Waals surface area contributed by atoms with Crippen molar-refractivity contribution in [3.05, 3.63) is 144 Å². The van der Waals surface area contributed by atoms with Crippen LogP contribution in [-0.4, -0.2) is 25.5 Å². The molecule has 5 aromatic rings. The number of hydrogen-bond donors (Lipinski definition) is 5. The van der Waals surface area contributed by atoms with E-state index < -0.39 is 0 Å². The lowest BCUT2D eigenvalue weighted by molar-refractivity contribution is 0.450. The summed E-state index contributed by atoms with van der Waals surface area (Å²) >= 11 is 31.7. The molecule has 10 heteroatoms. The zero-order chi connectivity index (χ0) is 35.7. The van der Waals surface area contributed by atoms with E-state index in [0.29, 0.717) is 55.6 Å². The van der Waals surface area contributed by atoms with Gasteiger partial charge in [0.25, 0.3) is 0 Å². The molecule has 6 rings (SSSR count). The van der Waals surface area contributed by atoms with Crippen molar-refractivity contribution in [2.75, 3.05) is 0 Å². The molecule has 1 aliphatic rings. The van der Waals surface area contributed by atoms with Gasteiger partial charge in [0.15, 0.2) is 0 Å². The molecule has 10 bridgehead atoms. The molecular formula is C40H35Cl5O5. The second kappa shape index (κ2) is 15.4. The van der Waals surface area contributed by atoms with Crippen LogP contribution in [0, 0.1) is 0 Å². The molecule has 0 fully saturated rings. The second-order valence-electron chi connectivity index (χ2n) is 12.9. The van der Waals surface area contributed by atoms with Crippen LogP contribution in [0.2, 0.25) is 0 Å². The first-order valence-electron chi connectivity index (χ1n) is 16.0. The van der Waals surface area contributed by atoms with E-state index in [-0.39, 0.29) is 90.3 Å². The van der Waals surface area contributed by atoms with E-state index in [9.17, 15) is 25.5 Å². The lowest BCUT2D eigenvalue weighted by Crippen LogP contribution is -2.03. The van der Waals surface area contributed by atoms with Gasteiger partial charge >= 0.3 is 0 Å². The summed E-state index contributed by atoms with van der Waals surface area (Å²) < 4.78 is 0. The maximum atomic E-state index is 11.7. The van der Waals surface area contributed by atoms with E-state index >= 15 is 0 Å². The molecule has 0 atom stereocenters. The van der Waals surface area contributed by atoms with E-state index in [4.69, 9.17) is 58.0 Å². The Kier molecular flexibility index (Phi) is 11.2. The van der Waals surface area contributed by atoms with Crippen LogP contribution in [0.4, 0.5) is 0 Å². The molecule has 5 nitrogen and oxygen atoms in total. The summed E-state index contributed by atoms with van der Waals surface area (Å²) in [5, 5.41) is 58.3. The largest absolute Gasteiger partial charge is 0.507 e. The Bertz CT molecular complexity index is 1630. The third-order valence-corrected chi connectivity index (χ3v) is 10.9. The van der Waals surface area contributed by atoms with Crippen LogP contribution in [0.3, 0.4) is 0 Å². The molecule has 0 heterocycles. The van der Waals surface area contributed by atoms with Crippen LogP contribution < -0.4 is 0 Å². The number of benzene rings is 5. The molecule has 0 saturated heterocycles. The van der Waals surface area contributed by atoms with Crippen molar-refractivity contribution in [2.45, 2.75) is 61.5 Å². The highest BCUT2D eigenvalue weighted by molar-refractivity contribution is 6.18. The zero-order valence-corrected chi connectivity index (χ0v) is 30.8. The maximum absolute atomic E-state index is 11.7. The quantitative estimate of drug-likeness (QED) is 0.112. The fourth-order valence-electron chi connectivity index (χ4n) is 6.92. The van der Waals surface area contributed by atoms with Gasteiger partial charge in [-0.1, -0.05) is 60.7 Å². The Balaban J connectivity index is 1.63. The molecule has 260 valence electrons. The molecule has 0 saturated carbocycles. The summed E-state index contributed by atoms with van der Waals surface area (Å²) in [5.41, 5.74) is 9.17. The number of rotatable bonds is 5. The molecule has 0 aromatic heterocycles. The van der Waals surface area contributed by atoms with Gasteiger partial charge in [0.05, 0.1) is 0 Å². The van der Waals surface area contributed by atoms with E-state index in [0.717, 1.165) is 27.8 Å². The van der Waals surface area contributed by atoms with Crippen molar-refractivity contribution in [1.29, 1.82) is 0 Å². The van der Waals surface area contributed by atoms with Crippen LogP contribution in [0.25, 0.3) is 0 Å². The first-order chi connectivity index (χ1) is 24.0. The van der Waals surface area contributed by atoms with Gasteiger partial charge in [-0.25, -0.2) is 0 Å². The molecule has 50 heavy (non-hydrogen) atoms. The fraction of sp³-hybridized carbons (Fsp3) is 0.250. The van der Waals surface area contributed by atoms with E-state index in [2.05, 4.69) is 0 Å². The van der Waals surface area contributed by atoms with Gasteiger partial charge < -0.3 is 25.5 Å². The highest BCUT2D eigenvalue weighted by atomic mass is 35.5. The minimum Gasteiger partial charge on any atom is -0.507 e. The topological polar surface area (TPSA) is 101 Å². The average molecular weight is 773 g/mol. The SMILES string of the molecule is Oc1c2cc(CCl)cc1Cc1cc(CCl)cc(c1O)Cc1cc(CCl)cc(c1O)Cc1cc(CCl)cc(c1O)Cc1cc(CCl)cc(c1O)C2. The Morgan fingerprint density at radius 3 is 0.500 bits per heavy atom. The van der Waals surface area contributed by atoms with Gasteiger partial charge in [0.2, 0.25) is 0 Å². The monoisotopic (exact) mass is 770 g/mol. The third kappa shape index (κ3) is 7.44. The number of phenols is 5. The van der Waals surface area contributed by atoms with Gasteiger partial charge in [-0.15, -0.1) is 58.0 Å². The molecule has 1 aliphatic carbocycles. The summed E-state index contributed by atoms with van der Waals surface area (Å²) in [6.07, 6.45) is 0.843. The number of halogens is 5. The Morgan fingerprint density at radius 1 is 0.280 bits per heavy atom. The average Bonchev–Trinajstić information content (AvgIpc) is 3.11. The maximum Gasteiger partial charge on any atom is 0.122 e. The summed E-state index contributed by atoms with van der Waals surface area (Å²) in [6, 6.07) is 18.0. The Morgan fingerprint density at radius 2 is 0.400 bits per heavy atom. The fourth-order valence-corrected chi connectivity index (χ4v) is 7.69. The molecule has 0 spiro atoms. The summed E-state index contributed by atoms with van der Waals surface area (Å²) in [6.45, 7) is 0. The lowest BCUT2D eigenvalue weighted by atomic mass is 9.89. The number of fused-ring (bicyclic) bond motifs is 10. The molecule has 5 aromatic carbocycles. The lowest BCUT2D eigenvalue weighted by Gasteiger charge is -2.19. The van der Waals surface area contributed by atoms with Crippen LogP contribution in [-0.2, 0) is 61.5 Å². The minimum atomic E-state index is 0.0110. The van der Waals surface area contributed by atoms with Crippen LogP contribution >= 0.6 is 58.0 Å². The van der Waals surface area contributed by atoms with Crippen molar-refractivity contribution in [3.8, 4) is 28.7 Å². The van der Waals surface area contributed by atoms with Crippen molar-refractivity contribution in [1.82, 2.24) is 0 Å². The molecular weight excluding hydrogens is 738 g/mol. The van der Waals surface area contributed by atoms with E-state index in [1.54, 1.807) is 60.7 Å². The van der Waals surface area contributed by atoms with Crippen molar-refractivity contribution in [2.24, 2.45) is 0 Å². The van der Waals surface area contributed by atoms with E-state index in [1.807, 2.05) is 0 Å². The Hall–Kier alpha value is -3.45. The van der Waals surface area contributed by atoms with Crippen LogP contribution in [0.1, 0.15) is 83.5 Å². The standard InChI is InChI=1S/C40H35Cl5O5/c41-16-21-1-26-11-28-3-22(17-42)4-30(37(28)47)13-31-7-24(19-44)8-34(39(31)49)15-35-10-25(20-45)9-33(40(35)50)14-32-6-23(18-43)5-29(38(32)48)12-27(2-21)36(26)46/h1-10,46-50H,11-20H2. The molecule has 0 unspecified atom stereocenters. The smallest absolute Gasteiger partial charge is 0.122 e. The predicted molar refractivity (Wildman–Crippen MR) is 202 cm³/mol. The number of phenolic OH excluding ortho intramolecular Hbond substituents is 5. The van der Waals surface area contributed by atoms with Gasteiger partial charge in [-0.3, -0.25) is 0 Å². The Labute approximate surface area is 316 Å².